The molecule has 2 heterocycles. The molecule has 0 saturated carbocycles. The number of carbonyl (C=O) groups is 2. The molecule has 176 valence electrons. The number of ether oxygens (including phenoxy) is 4. The van der Waals surface area contributed by atoms with Crippen LogP contribution in [-0.4, -0.2) is 58.2 Å². The van der Waals surface area contributed by atoms with Gasteiger partial charge in [0.15, 0.2) is 18.1 Å². The SMILES string of the molecule is COc1ccc(C(=O)OCC(=O)NCc2ccc3c(c2)OCO3)cc1S(=O)(=O)N1CCCC1. The van der Waals surface area contributed by atoms with Crippen molar-refractivity contribution in [1.82, 2.24) is 9.62 Å². The number of amides is 1. The van der Waals surface area contributed by atoms with Crippen molar-refractivity contribution in [3.63, 3.8) is 0 Å². The van der Waals surface area contributed by atoms with Crippen LogP contribution in [0.3, 0.4) is 0 Å². The monoisotopic (exact) mass is 476 g/mol. The summed E-state index contributed by atoms with van der Waals surface area (Å²) in [5, 5.41) is 2.65. The van der Waals surface area contributed by atoms with Gasteiger partial charge in [-0.25, -0.2) is 13.2 Å². The van der Waals surface area contributed by atoms with Gasteiger partial charge >= 0.3 is 5.97 Å². The predicted molar refractivity (Wildman–Crippen MR) is 116 cm³/mol. The van der Waals surface area contributed by atoms with E-state index < -0.39 is 28.5 Å². The molecule has 1 amide bonds. The zero-order valence-electron chi connectivity index (χ0n) is 18.0. The molecule has 2 aliphatic rings. The maximum Gasteiger partial charge on any atom is 0.338 e. The molecule has 0 bridgehead atoms. The van der Waals surface area contributed by atoms with Crippen molar-refractivity contribution in [3.05, 3.63) is 47.5 Å². The van der Waals surface area contributed by atoms with Crippen LogP contribution in [0.2, 0.25) is 0 Å². The van der Waals surface area contributed by atoms with Crippen LogP contribution in [0.15, 0.2) is 41.3 Å². The van der Waals surface area contributed by atoms with Crippen molar-refractivity contribution in [3.8, 4) is 17.2 Å². The number of fused-ring (bicyclic) bond motifs is 1. The van der Waals surface area contributed by atoms with E-state index in [-0.39, 0.29) is 29.5 Å². The number of carbonyl (C=O) groups excluding carboxylic acids is 2. The van der Waals surface area contributed by atoms with Crippen LogP contribution in [0.5, 0.6) is 17.2 Å². The van der Waals surface area contributed by atoms with E-state index in [2.05, 4.69) is 5.32 Å². The normalized spacial score (nSPS) is 15.3. The molecule has 0 radical (unpaired) electrons. The molecule has 33 heavy (non-hydrogen) atoms. The van der Waals surface area contributed by atoms with Crippen LogP contribution < -0.4 is 19.5 Å². The highest BCUT2D eigenvalue weighted by Gasteiger charge is 2.31. The first-order valence-corrected chi connectivity index (χ1v) is 11.8. The predicted octanol–water partition coefficient (Wildman–Crippen LogP) is 1.68. The van der Waals surface area contributed by atoms with Gasteiger partial charge in [-0.05, 0) is 48.7 Å². The van der Waals surface area contributed by atoms with E-state index in [9.17, 15) is 18.0 Å². The maximum absolute atomic E-state index is 13.0. The number of hydrogen-bond donors (Lipinski definition) is 1. The van der Waals surface area contributed by atoms with Crippen molar-refractivity contribution in [1.29, 1.82) is 0 Å². The van der Waals surface area contributed by atoms with Crippen LogP contribution >= 0.6 is 0 Å². The Balaban J connectivity index is 1.36. The van der Waals surface area contributed by atoms with E-state index >= 15 is 0 Å². The van der Waals surface area contributed by atoms with Gasteiger partial charge in [-0.3, -0.25) is 4.79 Å². The van der Waals surface area contributed by atoms with E-state index in [0.717, 1.165) is 18.4 Å². The Bertz CT molecular complexity index is 1160. The highest BCUT2D eigenvalue weighted by atomic mass is 32.2. The standard InChI is InChI=1S/C22H24N2O8S/c1-29-18-7-5-16(11-20(18)33(27,28)24-8-2-3-9-24)22(26)30-13-21(25)23-12-15-4-6-17-19(10-15)32-14-31-17/h4-7,10-11H,2-3,8-9,12-14H2,1H3,(H,23,25). The summed E-state index contributed by atoms with van der Waals surface area (Å²) < 4.78 is 48.1. The second kappa shape index (κ2) is 9.67. The molecule has 1 saturated heterocycles. The number of nitrogens with zero attached hydrogens (tertiary/aromatic N) is 1. The molecule has 0 unspecified atom stereocenters. The largest absolute Gasteiger partial charge is 0.495 e. The van der Waals surface area contributed by atoms with Gasteiger partial charge in [0, 0.05) is 19.6 Å². The topological polar surface area (TPSA) is 120 Å². The smallest absolute Gasteiger partial charge is 0.338 e. The van der Waals surface area contributed by atoms with Crippen LogP contribution in [0, 0.1) is 0 Å². The number of nitrogens with one attached hydrogen (secondary N) is 1. The summed E-state index contributed by atoms with van der Waals surface area (Å²) in [6, 6.07) is 9.32. The number of methoxy groups -OCH3 is 1. The number of benzene rings is 2. The molecule has 0 aliphatic carbocycles. The van der Waals surface area contributed by atoms with Gasteiger partial charge in [-0.15, -0.1) is 0 Å². The fraction of sp³-hybridized carbons (Fsp3) is 0.364. The molecule has 2 aliphatic heterocycles. The van der Waals surface area contributed by atoms with E-state index in [4.69, 9.17) is 18.9 Å². The molecule has 10 nitrogen and oxygen atoms in total. The minimum Gasteiger partial charge on any atom is -0.495 e. The first kappa shape index (κ1) is 22.9. The third-order valence-electron chi connectivity index (χ3n) is 5.34. The number of rotatable bonds is 8. The zero-order valence-corrected chi connectivity index (χ0v) is 18.9. The van der Waals surface area contributed by atoms with E-state index in [1.807, 2.05) is 0 Å². The molecule has 0 spiro atoms. The lowest BCUT2D eigenvalue weighted by Crippen LogP contribution is -2.29. The lowest BCUT2D eigenvalue weighted by Gasteiger charge is -2.18. The molecule has 2 aromatic rings. The first-order chi connectivity index (χ1) is 15.9. The van der Waals surface area contributed by atoms with Crippen molar-refractivity contribution in [2.45, 2.75) is 24.3 Å². The molecular weight excluding hydrogens is 452 g/mol. The van der Waals surface area contributed by atoms with Crippen molar-refractivity contribution >= 4 is 21.9 Å². The second-order valence-corrected chi connectivity index (χ2v) is 9.42. The molecule has 1 N–H and O–H groups in total. The fourth-order valence-corrected chi connectivity index (χ4v) is 5.29. The summed E-state index contributed by atoms with van der Waals surface area (Å²) in [7, 11) is -2.45. The van der Waals surface area contributed by atoms with Crippen LogP contribution in [-0.2, 0) is 26.1 Å². The summed E-state index contributed by atoms with van der Waals surface area (Å²) in [6.07, 6.45) is 1.56. The Morgan fingerprint density at radius 3 is 2.58 bits per heavy atom. The Labute approximate surface area is 191 Å². The minimum atomic E-state index is -3.81. The highest BCUT2D eigenvalue weighted by molar-refractivity contribution is 7.89. The average molecular weight is 477 g/mol. The van der Waals surface area contributed by atoms with E-state index in [1.165, 1.54) is 29.6 Å². The lowest BCUT2D eigenvalue weighted by atomic mass is 10.2. The van der Waals surface area contributed by atoms with Gasteiger partial charge in [-0.2, -0.15) is 4.31 Å². The van der Waals surface area contributed by atoms with E-state index in [0.29, 0.717) is 24.6 Å². The van der Waals surface area contributed by atoms with Gasteiger partial charge in [0.25, 0.3) is 5.91 Å². The van der Waals surface area contributed by atoms with Crippen LogP contribution in [0.4, 0.5) is 0 Å². The van der Waals surface area contributed by atoms with Gasteiger partial charge in [0.05, 0.1) is 12.7 Å². The third kappa shape index (κ3) is 5.04. The maximum atomic E-state index is 13.0. The minimum absolute atomic E-state index is 0.0112. The molecule has 2 aromatic carbocycles. The summed E-state index contributed by atoms with van der Waals surface area (Å²) in [5.74, 6) is 0.0742. The molecule has 1 fully saturated rings. The Kier molecular flexibility index (Phi) is 6.70. The molecular formula is C22H24N2O8S. The summed E-state index contributed by atoms with van der Waals surface area (Å²) in [6.45, 7) is 0.707. The fourth-order valence-electron chi connectivity index (χ4n) is 3.59. The van der Waals surface area contributed by atoms with Crippen molar-refractivity contribution < 1.29 is 37.0 Å². The molecule has 0 atom stereocenters. The molecule has 0 aromatic heterocycles. The van der Waals surface area contributed by atoms with E-state index in [1.54, 1.807) is 18.2 Å². The molecule has 11 heteroatoms. The Hall–Kier alpha value is -3.31. The quantitative estimate of drug-likeness (QED) is 0.572. The van der Waals surface area contributed by atoms with Crippen LogP contribution in [0.1, 0.15) is 28.8 Å². The summed E-state index contributed by atoms with van der Waals surface area (Å²) in [4.78, 5) is 24.5. The average Bonchev–Trinajstić information content (AvgIpc) is 3.53. The van der Waals surface area contributed by atoms with Crippen molar-refractivity contribution in [2.75, 3.05) is 33.6 Å². The lowest BCUT2D eigenvalue weighted by molar-refractivity contribution is -0.124. The van der Waals surface area contributed by atoms with Gasteiger partial charge in [-0.1, -0.05) is 6.07 Å². The van der Waals surface area contributed by atoms with Crippen LogP contribution in [0.25, 0.3) is 0 Å². The second-order valence-electron chi connectivity index (χ2n) is 7.52. The Morgan fingerprint density at radius 1 is 1.06 bits per heavy atom. The summed E-state index contributed by atoms with van der Waals surface area (Å²) in [5.41, 5.74) is 0.808. The van der Waals surface area contributed by atoms with Crippen molar-refractivity contribution in [2.24, 2.45) is 0 Å². The summed E-state index contributed by atoms with van der Waals surface area (Å²) >= 11 is 0. The van der Waals surface area contributed by atoms with Gasteiger partial charge < -0.3 is 24.3 Å². The van der Waals surface area contributed by atoms with Gasteiger partial charge in [0.1, 0.15) is 10.6 Å². The Morgan fingerprint density at radius 2 is 1.82 bits per heavy atom. The third-order valence-corrected chi connectivity index (χ3v) is 7.26. The zero-order chi connectivity index (χ0) is 23.4. The molecule has 4 rings (SSSR count). The number of sulfonamides is 1. The first-order valence-electron chi connectivity index (χ1n) is 10.4. The number of esters is 1. The van der Waals surface area contributed by atoms with Gasteiger partial charge in [0.2, 0.25) is 16.8 Å². The number of hydrogen-bond acceptors (Lipinski definition) is 8. The highest BCUT2D eigenvalue weighted by Crippen LogP contribution is 2.32.